The summed E-state index contributed by atoms with van der Waals surface area (Å²) >= 11 is 0. The molecule has 0 aromatic carbocycles. The number of amides is 1. The Hall–Kier alpha value is -1.45. The molecular formula is C16H27N3O. The Kier molecular flexibility index (Phi) is 7.20. The van der Waals surface area contributed by atoms with Crippen molar-refractivity contribution in [2.75, 3.05) is 11.4 Å². The number of anilines is 1. The van der Waals surface area contributed by atoms with Crippen LogP contribution in [0.5, 0.6) is 0 Å². The fourth-order valence-corrected chi connectivity index (χ4v) is 2.02. The van der Waals surface area contributed by atoms with E-state index in [9.17, 15) is 4.79 Å². The van der Waals surface area contributed by atoms with E-state index in [0.717, 1.165) is 31.2 Å². The summed E-state index contributed by atoms with van der Waals surface area (Å²) in [5.41, 5.74) is 1.13. The van der Waals surface area contributed by atoms with Crippen molar-refractivity contribution in [1.82, 2.24) is 9.97 Å². The van der Waals surface area contributed by atoms with Crippen LogP contribution in [0.3, 0.4) is 0 Å². The molecule has 112 valence electrons. The fraction of sp³-hybridized carbons (Fsp3) is 0.688. The molecule has 0 spiro atoms. The summed E-state index contributed by atoms with van der Waals surface area (Å²) in [5, 5.41) is 0. The molecule has 0 bridgehead atoms. The molecule has 20 heavy (non-hydrogen) atoms. The van der Waals surface area contributed by atoms with Gasteiger partial charge < -0.3 is 0 Å². The minimum absolute atomic E-state index is 0.122. The molecule has 0 unspecified atom stereocenters. The van der Waals surface area contributed by atoms with E-state index in [-0.39, 0.29) is 5.91 Å². The van der Waals surface area contributed by atoms with Gasteiger partial charge in [0.15, 0.2) is 0 Å². The molecular weight excluding hydrogens is 250 g/mol. The third-order valence-corrected chi connectivity index (χ3v) is 3.09. The maximum Gasteiger partial charge on any atom is 0.232 e. The first-order chi connectivity index (χ1) is 9.58. The van der Waals surface area contributed by atoms with Crippen molar-refractivity contribution >= 4 is 11.9 Å². The molecule has 0 atom stereocenters. The molecule has 1 heterocycles. The standard InChI is InChI=1S/C16H27N3O/c1-5-7-9-19(15(20)10-13(3)4)16-17-11-14(8-6-2)12-18-16/h11-13H,5-10H2,1-4H3. The number of aromatic nitrogens is 2. The van der Waals surface area contributed by atoms with Gasteiger partial charge in [0, 0.05) is 25.4 Å². The zero-order valence-corrected chi connectivity index (χ0v) is 13.2. The maximum atomic E-state index is 12.3. The summed E-state index contributed by atoms with van der Waals surface area (Å²) in [5.74, 6) is 1.02. The van der Waals surface area contributed by atoms with Gasteiger partial charge in [-0.1, -0.05) is 40.5 Å². The summed E-state index contributed by atoms with van der Waals surface area (Å²) < 4.78 is 0. The number of nitrogens with zero attached hydrogens (tertiary/aromatic N) is 3. The number of hydrogen-bond donors (Lipinski definition) is 0. The van der Waals surface area contributed by atoms with Crippen LogP contribution in [-0.2, 0) is 11.2 Å². The zero-order chi connectivity index (χ0) is 15.0. The predicted octanol–water partition coefficient (Wildman–Crippen LogP) is 3.61. The van der Waals surface area contributed by atoms with E-state index >= 15 is 0 Å². The quantitative estimate of drug-likeness (QED) is 0.729. The second kappa shape index (κ2) is 8.67. The van der Waals surface area contributed by atoms with E-state index < -0.39 is 0 Å². The Morgan fingerprint density at radius 2 is 1.85 bits per heavy atom. The lowest BCUT2D eigenvalue weighted by atomic mass is 10.1. The lowest BCUT2D eigenvalue weighted by Gasteiger charge is -2.21. The molecule has 1 rings (SSSR count). The number of carbonyl (C=O) groups excluding carboxylic acids is 1. The summed E-state index contributed by atoms with van der Waals surface area (Å²) in [7, 11) is 0. The third kappa shape index (κ3) is 5.27. The summed E-state index contributed by atoms with van der Waals surface area (Å²) in [6, 6.07) is 0. The molecule has 4 heteroatoms. The first-order valence-electron chi connectivity index (χ1n) is 7.69. The lowest BCUT2D eigenvalue weighted by Crippen LogP contribution is -2.34. The molecule has 0 aliphatic heterocycles. The Balaban J connectivity index is 2.83. The van der Waals surface area contributed by atoms with Crippen LogP contribution in [0, 0.1) is 5.92 Å². The van der Waals surface area contributed by atoms with Crippen LogP contribution in [0.15, 0.2) is 12.4 Å². The number of aryl methyl sites for hydroxylation is 1. The zero-order valence-electron chi connectivity index (χ0n) is 13.2. The van der Waals surface area contributed by atoms with E-state index in [2.05, 4.69) is 37.7 Å². The second-order valence-corrected chi connectivity index (χ2v) is 5.64. The van der Waals surface area contributed by atoms with Crippen molar-refractivity contribution in [2.24, 2.45) is 5.92 Å². The fourth-order valence-electron chi connectivity index (χ4n) is 2.02. The number of hydrogen-bond acceptors (Lipinski definition) is 3. The number of carbonyl (C=O) groups is 1. The Morgan fingerprint density at radius 3 is 2.35 bits per heavy atom. The molecule has 1 aromatic rings. The predicted molar refractivity (Wildman–Crippen MR) is 82.7 cm³/mol. The van der Waals surface area contributed by atoms with Gasteiger partial charge in [-0.3, -0.25) is 9.69 Å². The first-order valence-corrected chi connectivity index (χ1v) is 7.69. The third-order valence-electron chi connectivity index (χ3n) is 3.09. The Bertz CT molecular complexity index is 401. The summed E-state index contributed by atoms with van der Waals surface area (Å²) in [4.78, 5) is 22.8. The molecule has 1 aromatic heterocycles. The van der Waals surface area contributed by atoms with Crippen LogP contribution in [0.1, 0.15) is 58.9 Å². The smallest absolute Gasteiger partial charge is 0.232 e. The molecule has 0 saturated heterocycles. The molecule has 0 fully saturated rings. The van der Waals surface area contributed by atoms with Crippen molar-refractivity contribution < 1.29 is 4.79 Å². The molecule has 0 saturated carbocycles. The van der Waals surface area contributed by atoms with Gasteiger partial charge in [0.25, 0.3) is 0 Å². The van der Waals surface area contributed by atoms with E-state index in [1.165, 1.54) is 0 Å². The summed E-state index contributed by atoms with van der Waals surface area (Å²) in [6.45, 7) is 9.07. The normalized spacial score (nSPS) is 10.8. The van der Waals surface area contributed by atoms with E-state index in [4.69, 9.17) is 0 Å². The van der Waals surface area contributed by atoms with E-state index in [1.807, 2.05) is 12.4 Å². The molecule has 0 radical (unpaired) electrons. The minimum atomic E-state index is 0.122. The molecule has 1 amide bonds. The van der Waals surface area contributed by atoms with Crippen molar-refractivity contribution in [3.05, 3.63) is 18.0 Å². The van der Waals surface area contributed by atoms with Gasteiger partial charge in [-0.25, -0.2) is 9.97 Å². The molecule has 0 N–H and O–H groups in total. The van der Waals surface area contributed by atoms with Gasteiger partial charge in [-0.05, 0) is 24.3 Å². The monoisotopic (exact) mass is 277 g/mol. The van der Waals surface area contributed by atoms with Gasteiger partial charge in [0.1, 0.15) is 0 Å². The highest BCUT2D eigenvalue weighted by molar-refractivity contribution is 5.91. The van der Waals surface area contributed by atoms with E-state index in [0.29, 0.717) is 24.8 Å². The Labute approximate surface area is 122 Å². The SMILES string of the molecule is CCCCN(C(=O)CC(C)C)c1ncc(CCC)cn1. The van der Waals surface area contributed by atoms with Gasteiger partial charge in [-0.15, -0.1) is 0 Å². The van der Waals surface area contributed by atoms with Crippen LogP contribution in [0.25, 0.3) is 0 Å². The number of unbranched alkanes of at least 4 members (excludes halogenated alkanes) is 1. The molecule has 0 aliphatic carbocycles. The van der Waals surface area contributed by atoms with Crippen LogP contribution in [0.4, 0.5) is 5.95 Å². The van der Waals surface area contributed by atoms with Crippen molar-refractivity contribution in [3.8, 4) is 0 Å². The Morgan fingerprint density at radius 1 is 1.20 bits per heavy atom. The van der Waals surface area contributed by atoms with Gasteiger partial charge >= 0.3 is 0 Å². The first kappa shape index (κ1) is 16.6. The second-order valence-electron chi connectivity index (χ2n) is 5.64. The average molecular weight is 277 g/mol. The summed E-state index contributed by atoms with van der Waals surface area (Å²) in [6.07, 6.45) is 8.32. The lowest BCUT2D eigenvalue weighted by molar-refractivity contribution is -0.119. The van der Waals surface area contributed by atoms with E-state index in [1.54, 1.807) is 4.90 Å². The highest BCUT2D eigenvalue weighted by Crippen LogP contribution is 2.13. The van der Waals surface area contributed by atoms with Gasteiger partial charge in [0.2, 0.25) is 11.9 Å². The maximum absolute atomic E-state index is 12.3. The molecule has 0 aliphatic rings. The van der Waals surface area contributed by atoms with Crippen LogP contribution in [-0.4, -0.2) is 22.4 Å². The van der Waals surface area contributed by atoms with Gasteiger partial charge in [-0.2, -0.15) is 0 Å². The average Bonchev–Trinajstić information content (AvgIpc) is 2.40. The number of rotatable bonds is 8. The highest BCUT2D eigenvalue weighted by Gasteiger charge is 2.18. The van der Waals surface area contributed by atoms with Gasteiger partial charge in [0.05, 0.1) is 0 Å². The van der Waals surface area contributed by atoms with Crippen LogP contribution in [0.2, 0.25) is 0 Å². The van der Waals surface area contributed by atoms with Crippen molar-refractivity contribution in [2.45, 2.75) is 59.8 Å². The van der Waals surface area contributed by atoms with Crippen LogP contribution < -0.4 is 4.90 Å². The highest BCUT2D eigenvalue weighted by atomic mass is 16.2. The van der Waals surface area contributed by atoms with Crippen molar-refractivity contribution in [1.29, 1.82) is 0 Å². The van der Waals surface area contributed by atoms with Crippen molar-refractivity contribution in [3.63, 3.8) is 0 Å². The molecule has 4 nitrogen and oxygen atoms in total. The minimum Gasteiger partial charge on any atom is -0.281 e. The largest absolute Gasteiger partial charge is 0.281 e. The topological polar surface area (TPSA) is 46.1 Å². The van der Waals surface area contributed by atoms with Crippen LogP contribution >= 0.6 is 0 Å².